The van der Waals surface area contributed by atoms with Crippen LogP contribution in [0.15, 0.2) is 92.1 Å². The van der Waals surface area contributed by atoms with E-state index < -0.39 is 22.9 Å². The molecule has 3 aromatic carbocycles. The Kier molecular flexibility index (Phi) is 7.56. The second-order valence-electron chi connectivity index (χ2n) is 7.89. The van der Waals surface area contributed by atoms with Gasteiger partial charge in [0.25, 0.3) is 16.1 Å². The van der Waals surface area contributed by atoms with E-state index in [1.165, 1.54) is 18.2 Å². The lowest BCUT2D eigenvalue weighted by atomic mass is 10.1. The summed E-state index contributed by atoms with van der Waals surface area (Å²) in [6.07, 6.45) is -1.01. The molecule has 0 atom stereocenters. The molecule has 13 heteroatoms. The lowest BCUT2D eigenvalue weighted by Crippen LogP contribution is -2.42. The van der Waals surface area contributed by atoms with Crippen LogP contribution in [0.1, 0.15) is 11.7 Å². The molecule has 192 valence electrons. The molecule has 2 N–H and O–H groups in total. The summed E-state index contributed by atoms with van der Waals surface area (Å²) in [6.45, 7) is 0. The molecule has 0 unspecified atom stereocenters. The highest BCUT2D eigenvalue weighted by atomic mass is 32.2. The fraction of sp³-hybridized carbons (Fsp3) is 0.120. The van der Waals surface area contributed by atoms with Gasteiger partial charge in [-0.15, -0.1) is 0 Å². The first-order valence-electron chi connectivity index (χ1n) is 11.2. The molecule has 5 rings (SSSR count). The van der Waals surface area contributed by atoms with Gasteiger partial charge in [-0.2, -0.15) is 0 Å². The molecule has 0 fully saturated rings. The van der Waals surface area contributed by atoms with E-state index in [1.807, 2.05) is 24.3 Å². The molecule has 2 heterocycles. The summed E-state index contributed by atoms with van der Waals surface area (Å²) in [7, 11) is 0. The number of fused-ring (bicyclic) bond motifs is 2. The molecule has 2 aromatic heterocycles. The van der Waals surface area contributed by atoms with E-state index >= 15 is 0 Å². The normalized spacial score (nSPS) is 11.2. The molecule has 2 amide bonds. The number of carbonyl (C=O) groups is 2. The zero-order valence-corrected chi connectivity index (χ0v) is 21.2. The highest BCUT2D eigenvalue weighted by molar-refractivity contribution is 8.00. The van der Waals surface area contributed by atoms with E-state index in [9.17, 15) is 19.7 Å². The predicted octanol–water partition coefficient (Wildman–Crippen LogP) is 4.69. The van der Waals surface area contributed by atoms with E-state index in [0.717, 1.165) is 23.5 Å². The smallest absolute Gasteiger partial charge is 0.269 e. The molecule has 0 spiro atoms. The molecule has 0 aliphatic rings. The van der Waals surface area contributed by atoms with Crippen LogP contribution in [0.3, 0.4) is 0 Å². The number of rotatable bonds is 10. The fourth-order valence-electron chi connectivity index (χ4n) is 3.51. The van der Waals surface area contributed by atoms with Crippen molar-refractivity contribution >= 4 is 63.2 Å². The van der Waals surface area contributed by atoms with Crippen LogP contribution in [-0.4, -0.2) is 38.2 Å². The number of hydrogen-bond acceptors (Lipinski definition) is 10. The first kappa shape index (κ1) is 25.3. The Morgan fingerprint density at radius 3 is 1.84 bits per heavy atom. The second-order valence-corrected chi connectivity index (χ2v) is 9.75. The zero-order chi connectivity index (χ0) is 26.5. The summed E-state index contributed by atoms with van der Waals surface area (Å²) in [4.78, 5) is 44.9. The third-order valence-electron chi connectivity index (χ3n) is 5.23. The van der Waals surface area contributed by atoms with E-state index in [4.69, 9.17) is 8.83 Å². The van der Waals surface area contributed by atoms with Crippen molar-refractivity contribution in [2.24, 2.45) is 0 Å². The van der Waals surface area contributed by atoms with Gasteiger partial charge in [0.05, 0.1) is 16.4 Å². The van der Waals surface area contributed by atoms with Crippen LogP contribution < -0.4 is 10.6 Å². The van der Waals surface area contributed by atoms with Crippen molar-refractivity contribution in [2.45, 2.75) is 16.6 Å². The fourth-order valence-corrected chi connectivity index (χ4v) is 4.81. The van der Waals surface area contributed by atoms with Gasteiger partial charge in [0.15, 0.2) is 11.2 Å². The van der Waals surface area contributed by atoms with Gasteiger partial charge in [0, 0.05) is 17.7 Å². The number of benzene rings is 3. The van der Waals surface area contributed by atoms with Crippen molar-refractivity contribution in [3.8, 4) is 0 Å². The van der Waals surface area contributed by atoms with Gasteiger partial charge in [-0.25, -0.2) is 9.97 Å². The molecular weight excluding hydrogens is 530 g/mol. The van der Waals surface area contributed by atoms with E-state index in [-0.39, 0.29) is 17.2 Å². The van der Waals surface area contributed by atoms with Crippen LogP contribution in [0, 0.1) is 10.1 Å². The molecule has 0 aliphatic heterocycles. The molecule has 11 nitrogen and oxygen atoms in total. The van der Waals surface area contributed by atoms with Gasteiger partial charge in [-0.05, 0) is 24.3 Å². The molecule has 0 bridgehead atoms. The van der Waals surface area contributed by atoms with Crippen molar-refractivity contribution < 1.29 is 23.3 Å². The van der Waals surface area contributed by atoms with Gasteiger partial charge in [0.2, 0.25) is 11.8 Å². The van der Waals surface area contributed by atoms with Gasteiger partial charge in [-0.1, -0.05) is 59.9 Å². The van der Waals surface area contributed by atoms with Crippen molar-refractivity contribution in [1.29, 1.82) is 0 Å². The molecule has 0 saturated carbocycles. The summed E-state index contributed by atoms with van der Waals surface area (Å²) < 4.78 is 11.2. The van der Waals surface area contributed by atoms with Gasteiger partial charge < -0.3 is 19.5 Å². The summed E-state index contributed by atoms with van der Waals surface area (Å²) in [6, 6.07) is 20.2. The summed E-state index contributed by atoms with van der Waals surface area (Å²) in [5.41, 5.74) is 2.74. The zero-order valence-electron chi connectivity index (χ0n) is 19.5. The number of oxazole rings is 2. The molecule has 0 radical (unpaired) electrons. The monoisotopic (exact) mass is 549 g/mol. The van der Waals surface area contributed by atoms with Crippen LogP contribution >= 0.6 is 23.5 Å². The van der Waals surface area contributed by atoms with Crippen LogP contribution in [0.4, 0.5) is 5.69 Å². The topological polar surface area (TPSA) is 153 Å². The van der Waals surface area contributed by atoms with Crippen LogP contribution in [0.25, 0.3) is 22.2 Å². The minimum absolute atomic E-state index is 0.0498. The predicted molar refractivity (Wildman–Crippen MR) is 142 cm³/mol. The average molecular weight is 550 g/mol. The Balaban J connectivity index is 1.25. The number of amides is 2. The van der Waals surface area contributed by atoms with Gasteiger partial charge in [-0.3, -0.25) is 19.7 Å². The number of nitro benzene ring substituents is 1. The number of nitrogens with one attached hydrogen (secondary N) is 2. The number of nitro groups is 1. The number of hydrogen-bond donors (Lipinski definition) is 2. The minimum Gasteiger partial charge on any atom is -0.431 e. The number of non-ortho nitro benzene ring substituents is 1. The minimum atomic E-state index is -1.01. The van der Waals surface area contributed by atoms with Crippen LogP contribution in [-0.2, 0) is 9.59 Å². The largest absolute Gasteiger partial charge is 0.431 e. The SMILES string of the molecule is O=C(CSc1nc2ccccc2o1)NC(NC(=O)CSc1nc2ccccc2o1)c1cccc([N+](=O)[O-])c1. The van der Waals surface area contributed by atoms with Crippen molar-refractivity contribution in [3.63, 3.8) is 0 Å². The highest BCUT2D eigenvalue weighted by Gasteiger charge is 2.21. The maximum absolute atomic E-state index is 12.8. The Morgan fingerprint density at radius 2 is 1.34 bits per heavy atom. The van der Waals surface area contributed by atoms with E-state index in [2.05, 4.69) is 20.6 Å². The van der Waals surface area contributed by atoms with Crippen LogP contribution in [0.2, 0.25) is 0 Å². The summed E-state index contributed by atoms with van der Waals surface area (Å²) >= 11 is 2.18. The second kappa shape index (κ2) is 11.4. The van der Waals surface area contributed by atoms with Crippen molar-refractivity contribution in [1.82, 2.24) is 20.6 Å². The number of aromatic nitrogens is 2. The Labute approximate surface area is 223 Å². The van der Waals surface area contributed by atoms with Crippen molar-refractivity contribution in [3.05, 3.63) is 88.5 Å². The Morgan fingerprint density at radius 1 is 0.816 bits per heavy atom. The first-order valence-corrected chi connectivity index (χ1v) is 13.2. The highest BCUT2D eigenvalue weighted by Crippen LogP contribution is 2.25. The lowest BCUT2D eigenvalue weighted by Gasteiger charge is -2.20. The first-order chi connectivity index (χ1) is 18.4. The molecular formula is C25H19N5O6S2. The molecule has 5 aromatic rings. The Hall–Kier alpha value is -4.36. The Bertz CT molecular complexity index is 1480. The van der Waals surface area contributed by atoms with Gasteiger partial charge in [0.1, 0.15) is 17.2 Å². The quantitative estimate of drug-likeness (QED) is 0.108. The average Bonchev–Trinajstić information content (AvgIpc) is 3.54. The number of nitrogens with zero attached hydrogens (tertiary/aromatic N) is 3. The molecule has 0 saturated heterocycles. The molecule has 0 aliphatic carbocycles. The maximum Gasteiger partial charge on any atom is 0.269 e. The standard InChI is InChI=1S/C25H19N5O6S2/c31-21(13-37-24-26-17-8-1-3-10-19(17)35-24)28-23(15-6-5-7-16(12-15)30(33)34)29-22(32)14-38-25-27-18-9-2-4-11-20(18)36-25/h1-12,23H,13-14H2,(H,28,31)(H,29,32). The summed E-state index contributed by atoms with van der Waals surface area (Å²) in [5, 5.41) is 17.4. The number of para-hydroxylation sites is 4. The maximum atomic E-state index is 12.8. The lowest BCUT2D eigenvalue weighted by molar-refractivity contribution is -0.384. The summed E-state index contributed by atoms with van der Waals surface area (Å²) in [5.74, 6) is -0.960. The molecule has 38 heavy (non-hydrogen) atoms. The third kappa shape index (κ3) is 6.12. The number of thioether (sulfide) groups is 2. The van der Waals surface area contributed by atoms with Crippen LogP contribution in [0.5, 0.6) is 0 Å². The van der Waals surface area contributed by atoms with E-state index in [1.54, 1.807) is 30.3 Å². The third-order valence-corrected chi connectivity index (χ3v) is 6.88. The van der Waals surface area contributed by atoms with Gasteiger partial charge >= 0.3 is 0 Å². The van der Waals surface area contributed by atoms with Crippen molar-refractivity contribution in [2.75, 3.05) is 11.5 Å². The number of carbonyl (C=O) groups excluding carboxylic acids is 2. The van der Waals surface area contributed by atoms with E-state index in [0.29, 0.717) is 38.2 Å².